The molecule has 8 aromatic rings. The third-order valence-electron chi connectivity index (χ3n) is 13.3. The monoisotopic (exact) mass is 808 g/mol. The van der Waals surface area contributed by atoms with Crippen molar-refractivity contribution in [2.24, 2.45) is 5.92 Å². The number of nitrogens with one attached hydrogen (secondary N) is 1. The van der Waals surface area contributed by atoms with E-state index in [1.165, 1.54) is 16.7 Å². The molecule has 0 radical (unpaired) electrons. The summed E-state index contributed by atoms with van der Waals surface area (Å²) < 4.78 is 0. The molecule has 12 bridgehead atoms. The first kappa shape index (κ1) is 37.9. The Labute approximate surface area is 360 Å². The first-order chi connectivity index (χ1) is 29.7. The van der Waals surface area contributed by atoms with Gasteiger partial charge in [-0.3, -0.25) is 0 Å². The van der Waals surface area contributed by atoms with Crippen molar-refractivity contribution in [1.82, 2.24) is 19.9 Å². The Hall–Kier alpha value is -7.05. The number of phenols is 2. The van der Waals surface area contributed by atoms with Crippen molar-refractivity contribution < 1.29 is 10.2 Å². The van der Waals surface area contributed by atoms with Crippen LogP contribution < -0.4 is 0 Å². The van der Waals surface area contributed by atoms with E-state index >= 15 is 0 Å². The number of nitrogens with zero attached hydrogens (tertiary/aromatic N) is 3. The fraction of sp³-hybridized carbons (Fsp3) is 0.196. The van der Waals surface area contributed by atoms with Crippen molar-refractivity contribution >= 4 is 83.1 Å². The van der Waals surface area contributed by atoms with Gasteiger partial charge in [-0.05, 0) is 111 Å². The third kappa shape index (κ3) is 5.88. The normalized spacial score (nSPS) is 16.8. The Kier molecular flexibility index (Phi) is 8.24. The molecule has 11 rings (SSSR count). The lowest BCUT2D eigenvalue weighted by Crippen LogP contribution is -2.20. The first-order valence-electron chi connectivity index (χ1n) is 21.6. The number of fused-ring (bicyclic) bond motifs is 16. The van der Waals surface area contributed by atoms with Gasteiger partial charge in [0.2, 0.25) is 0 Å². The Morgan fingerprint density at radius 2 is 1.13 bits per heavy atom. The summed E-state index contributed by atoms with van der Waals surface area (Å²) in [7, 11) is 0. The fourth-order valence-electron chi connectivity index (χ4n) is 9.74. The van der Waals surface area contributed by atoms with Gasteiger partial charge >= 0.3 is 0 Å². The van der Waals surface area contributed by atoms with E-state index in [1.54, 1.807) is 0 Å². The predicted octanol–water partition coefficient (Wildman–Crippen LogP) is 14.0. The molecule has 0 spiro atoms. The van der Waals surface area contributed by atoms with E-state index in [2.05, 4.69) is 169 Å². The summed E-state index contributed by atoms with van der Waals surface area (Å²) in [6, 6.07) is 33.4. The summed E-state index contributed by atoms with van der Waals surface area (Å²) in [5.74, 6) is 0.715. The predicted molar refractivity (Wildman–Crippen MR) is 258 cm³/mol. The van der Waals surface area contributed by atoms with Crippen LogP contribution in [0.5, 0.6) is 11.5 Å². The molecule has 4 aromatic carbocycles. The summed E-state index contributed by atoms with van der Waals surface area (Å²) in [5.41, 5.74) is 13.2. The molecule has 2 aliphatic carbocycles. The maximum atomic E-state index is 12.4. The average molecular weight is 809 g/mol. The van der Waals surface area contributed by atoms with Gasteiger partial charge in [0, 0.05) is 54.8 Å². The second kappa shape index (κ2) is 13.5. The highest BCUT2D eigenvalue weighted by Crippen LogP contribution is 2.49. The van der Waals surface area contributed by atoms with Gasteiger partial charge in [-0.1, -0.05) is 121 Å². The molecule has 1 aliphatic heterocycles. The van der Waals surface area contributed by atoms with Crippen LogP contribution in [0.4, 0.5) is 0 Å². The molecule has 62 heavy (non-hydrogen) atoms. The Morgan fingerprint density at radius 1 is 0.565 bits per heavy atom. The topological polar surface area (TPSA) is 94.9 Å². The molecule has 0 saturated heterocycles. The number of phenolic OH excluding ortho intramolecular Hbond substituents is 2. The highest BCUT2D eigenvalue weighted by atomic mass is 16.3. The molecule has 3 N–H and O–H groups in total. The molecule has 6 nitrogen and oxygen atoms in total. The van der Waals surface area contributed by atoms with Crippen molar-refractivity contribution in [2.75, 3.05) is 0 Å². The number of benzene rings is 4. The minimum atomic E-state index is -0.244. The van der Waals surface area contributed by atoms with Gasteiger partial charge in [-0.2, -0.15) is 0 Å². The summed E-state index contributed by atoms with van der Waals surface area (Å²) in [5, 5.41) is 29.4. The zero-order valence-electron chi connectivity index (χ0n) is 36.1. The van der Waals surface area contributed by atoms with Gasteiger partial charge in [0.05, 0.1) is 33.5 Å². The fourth-order valence-corrected chi connectivity index (χ4v) is 9.74. The number of aromatic hydroxyl groups is 2. The quantitative estimate of drug-likeness (QED) is 0.144. The van der Waals surface area contributed by atoms with Crippen LogP contribution in [0.25, 0.3) is 83.1 Å². The Morgan fingerprint density at radius 3 is 1.79 bits per heavy atom. The SMILES string of the molecule is CC1c2ccccc2C(c2c3nc(c4cc(C(C)(C)C)cc(c4O)c4ccc5ccc6ccc(nc6c5n4)c4cc(C(C)(C)C)cc(c4O)c4ccc2[nH]4)C=C3)=C2C=CC=CC21. The standard InChI is InChI=1S/C56H48N4O2/c1-30-35-12-8-10-14-37(35)49(38-15-11-9-13-36(30)38)50-47-24-22-43(57-47)39-26-33(55(2,3)4)28-41(53(39)61)45-20-18-31-16-17-32-19-21-46(60-52(32)51(31)59-45)42-29-34(56(5,6)7)27-40(54(42)62)44-23-25-48(50)58-44/h8-30,35,57,61-62H,1-7H3. The summed E-state index contributed by atoms with van der Waals surface area (Å²) in [4.78, 5) is 19.9. The van der Waals surface area contributed by atoms with E-state index in [0.717, 1.165) is 60.8 Å². The minimum absolute atomic E-state index is 0.125. The van der Waals surface area contributed by atoms with Crippen molar-refractivity contribution in [1.29, 1.82) is 0 Å². The van der Waals surface area contributed by atoms with Gasteiger partial charge in [-0.15, -0.1) is 0 Å². The van der Waals surface area contributed by atoms with Crippen LogP contribution in [0.1, 0.15) is 93.6 Å². The van der Waals surface area contributed by atoms with Gasteiger partial charge in [0.15, 0.2) is 0 Å². The highest BCUT2D eigenvalue weighted by Gasteiger charge is 2.33. The zero-order valence-corrected chi connectivity index (χ0v) is 36.1. The molecular formula is C56H48N4O2. The smallest absolute Gasteiger partial charge is 0.134 e. The number of pyridine rings is 2. The molecule has 6 heteroatoms. The Bertz CT molecular complexity index is 3530. The van der Waals surface area contributed by atoms with E-state index in [4.69, 9.17) is 15.0 Å². The summed E-state index contributed by atoms with van der Waals surface area (Å²) >= 11 is 0. The van der Waals surface area contributed by atoms with E-state index in [1.807, 2.05) is 18.2 Å². The number of aromatic amines is 1. The summed E-state index contributed by atoms with van der Waals surface area (Å²) in [6.07, 6.45) is 13.0. The molecular weight excluding hydrogens is 761 g/mol. The molecule has 2 atom stereocenters. The van der Waals surface area contributed by atoms with E-state index in [9.17, 15) is 10.2 Å². The second-order valence-electron chi connectivity index (χ2n) is 19.3. The second-order valence-corrected chi connectivity index (χ2v) is 19.3. The van der Waals surface area contributed by atoms with E-state index in [0.29, 0.717) is 38.3 Å². The molecule has 0 fully saturated rings. The summed E-state index contributed by atoms with van der Waals surface area (Å²) in [6.45, 7) is 15.5. The maximum absolute atomic E-state index is 12.4. The number of H-pyrrole nitrogens is 1. The van der Waals surface area contributed by atoms with Gasteiger partial charge < -0.3 is 15.2 Å². The molecule has 0 saturated carbocycles. The van der Waals surface area contributed by atoms with Crippen LogP contribution in [0.3, 0.4) is 0 Å². The first-order valence-corrected chi connectivity index (χ1v) is 21.6. The van der Waals surface area contributed by atoms with Crippen LogP contribution >= 0.6 is 0 Å². The zero-order chi connectivity index (χ0) is 42.8. The van der Waals surface area contributed by atoms with Crippen molar-refractivity contribution in [3.8, 4) is 11.5 Å². The van der Waals surface area contributed by atoms with E-state index in [-0.39, 0.29) is 34.2 Å². The Balaban J connectivity index is 1.38. The number of hydrogen-bond donors (Lipinski definition) is 3. The van der Waals surface area contributed by atoms with Crippen molar-refractivity contribution in [2.45, 2.75) is 65.2 Å². The van der Waals surface area contributed by atoms with E-state index < -0.39 is 0 Å². The number of rotatable bonds is 1. The van der Waals surface area contributed by atoms with Crippen LogP contribution in [0, 0.1) is 5.92 Å². The van der Waals surface area contributed by atoms with Crippen molar-refractivity contribution in [3.63, 3.8) is 0 Å². The number of allylic oxidation sites excluding steroid dienone is 5. The number of hydrogen-bond acceptors (Lipinski definition) is 5. The van der Waals surface area contributed by atoms with Crippen LogP contribution in [-0.2, 0) is 10.8 Å². The lowest BCUT2D eigenvalue weighted by Gasteiger charge is -2.34. The molecule has 0 amide bonds. The molecule has 2 unspecified atom stereocenters. The minimum Gasteiger partial charge on any atom is -0.507 e. The molecule has 304 valence electrons. The molecule has 5 heterocycles. The van der Waals surface area contributed by atoms with Crippen LogP contribution in [-0.4, -0.2) is 30.1 Å². The molecule has 4 aromatic heterocycles. The van der Waals surface area contributed by atoms with Gasteiger partial charge in [0.1, 0.15) is 11.5 Å². The number of aromatic nitrogens is 4. The maximum Gasteiger partial charge on any atom is 0.134 e. The largest absolute Gasteiger partial charge is 0.507 e. The highest BCUT2D eigenvalue weighted by molar-refractivity contribution is 6.09. The lowest BCUT2D eigenvalue weighted by atomic mass is 9.69. The third-order valence-corrected chi connectivity index (χ3v) is 13.3. The van der Waals surface area contributed by atoms with Crippen LogP contribution in [0.15, 0.2) is 127 Å². The average Bonchev–Trinajstić information content (AvgIpc) is 3.95. The lowest BCUT2D eigenvalue weighted by molar-refractivity contribution is 0.486. The van der Waals surface area contributed by atoms with Gasteiger partial charge in [0.25, 0.3) is 0 Å². The van der Waals surface area contributed by atoms with Crippen molar-refractivity contribution in [3.05, 3.63) is 166 Å². The van der Waals surface area contributed by atoms with Crippen LogP contribution in [0.2, 0.25) is 0 Å². The molecule has 3 aliphatic rings. The van der Waals surface area contributed by atoms with Gasteiger partial charge in [-0.25, -0.2) is 15.0 Å².